The number of rotatable bonds is 5. The normalized spacial score (nSPS) is 12.6. The second-order valence-electron chi connectivity index (χ2n) is 4.23. The van der Waals surface area contributed by atoms with Gasteiger partial charge in [0.05, 0.1) is 13.7 Å². The summed E-state index contributed by atoms with van der Waals surface area (Å²) in [6.45, 7) is 6.99. The second kappa shape index (κ2) is 5.87. The number of aliphatic hydroxyl groups is 1. The zero-order valence-electron chi connectivity index (χ0n) is 10.5. The lowest BCUT2D eigenvalue weighted by Gasteiger charge is -2.14. The lowest BCUT2D eigenvalue weighted by Crippen LogP contribution is -2.28. The Bertz CT molecular complexity index is 327. The van der Waals surface area contributed by atoms with Crippen molar-refractivity contribution >= 4 is 0 Å². The van der Waals surface area contributed by atoms with Crippen LogP contribution in [0.3, 0.4) is 0 Å². The van der Waals surface area contributed by atoms with Crippen LogP contribution in [0.1, 0.15) is 23.6 Å². The predicted molar refractivity (Wildman–Crippen MR) is 65.9 cm³/mol. The Labute approximate surface area is 97.4 Å². The molecule has 0 saturated carbocycles. The van der Waals surface area contributed by atoms with Crippen molar-refractivity contribution in [3.8, 4) is 5.75 Å². The van der Waals surface area contributed by atoms with E-state index in [1.807, 2.05) is 20.8 Å². The predicted octanol–water partition coefficient (Wildman–Crippen LogP) is 1.78. The van der Waals surface area contributed by atoms with Gasteiger partial charge < -0.3 is 15.2 Å². The first-order chi connectivity index (χ1) is 7.58. The maximum atomic E-state index is 8.92. The molecule has 0 aliphatic carbocycles. The van der Waals surface area contributed by atoms with E-state index < -0.39 is 0 Å². The van der Waals surface area contributed by atoms with E-state index in [9.17, 15) is 0 Å². The average molecular weight is 223 g/mol. The average Bonchev–Trinajstić information content (AvgIpc) is 2.25. The molecule has 0 radical (unpaired) electrons. The monoisotopic (exact) mass is 223 g/mol. The molecule has 1 atom stereocenters. The van der Waals surface area contributed by atoms with E-state index in [0.29, 0.717) is 0 Å². The van der Waals surface area contributed by atoms with E-state index in [1.165, 1.54) is 5.56 Å². The van der Waals surface area contributed by atoms with Gasteiger partial charge in [0.1, 0.15) is 5.75 Å². The SMILES string of the molecule is COc1c(C)cc(CN[C@H](C)CO)cc1C. The zero-order chi connectivity index (χ0) is 12.1. The third kappa shape index (κ3) is 3.22. The maximum Gasteiger partial charge on any atom is 0.124 e. The Balaban J connectivity index is 2.76. The fourth-order valence-electron chi connectivity index (χ4n) is 1.82. The quantitative estimate of drug-likeness (QED) is 0.799. The number of methoxy groups -OCH3 is 1. The minimum Gasteiger partial charge on any atom is -0.496 e. The van der Waals surface area contributed by atoms with Gasteiger partial charge in [-0.05, 0) is 37.5 Å². The zero-order valence-corrected chi connectivity index (χ0v) is 10.5. The van der Waals surface area contributed by atoms with Crippen LogP contribution in [0.2, 0.25) is 0 Å². The van der Waals surface area contributed by atoms with Gasteiger partial charge in [-0.25, -0.2) is 0 Å². The topological polar surface area (TPSA) is 41.5 Å². The van der Waals surface area contributed by atoms with Crippen molar-refractivity contribution in [2.75, 3.05) is 13.7 Å². The number of hydrogen-bond acceptors (Lipinski definition) is 3. The fourth-order valence-corrected chi connectivity index (χ4v) is 1.82. The molecule has 0 amide bonds. The number of benzene rings is 1. The summed E-state index contributed by atoms with van der Waals surface area (Å²) < 4.78 is 5.32. The van der Waals surface area contributed by atoms with Crippen LogP contribution < -0.4 is 10.1 Å². The molecule has 0 saturated heterocycles. The molecule has 0 bridgehead atoms. The lowest BCUT2D eigenvalue weighted by molar-refractivity contribution is 0.251. The van der Waals surface area contributed by atoms with Crippen LogP contribution in [-0.4, -0.2) is 24.9 Å². The fraction of sp³-hybridized carbons (Fsp3) is 0.538. The molecule has 0 spiro atoms. The van der Waals surface area contributed by atoms with E-state index in [-0.39, 0.29) is 12.6 Å². The summed E-state index contributed by atoms with van der Waals surface area (Å²) in [6, 6.07) is 4.36. The van der Waals surface area contributed by atoms with Crippen molar-refractivity contribution in [2.45, 2.75) is 33.4 Å². The van der Waals surface area contributed by atoms with Gasteiger partial charge in [0.25, 0.3) is 0 Å². The van der Waals surface area contributed by atoms with Gasteiger partial charge in [0, 0.05) is 12.6 Å². The molecular formula is C13H21NO2. The molecule has 0 heterocycles. The third-order valence-electron chi connectivity index (χ3n) is 2.65. The van der Waals surface area contributed by atoms with E-state index in [4.69, 9.17) is 9.84 Å². The first-order valence-electron chi connectivity index (χ1n) is 5.56. The third-order valence-corrected chi connectivity index (χ3v) is 2.65. The standard InChI is InChI=1S/C13H21NO2/c1-9-5-12(7-14-11(3)8-15)6-10(2)13(9)16-4/h5-6,11,14-15H,7-8H2,1-4H3/t11-/m1/s1. The first-order valence-corrected chi connectivity index (χ1v) is 5.56. The van der Waals surface area contributed by atoms with Gasteiger partial charge >= 0.3 is 0 Å². The van der Waals surface area contributed by atoms with Crippen LogP contribution in [0.4, 0.5) is 0 Å². The van der Waals surface area contributed by atoms with Crippen LogP contribution in [-0.2, 0) is 6.54 Å². The van der Waals surface area contributed by atoms with Crippen molar-refractivity contribution < 1.29 is 9.84 Å². The minimum atomic E-state index is 0.128. The van der Waals surface area contributed by atoms with Crippen LogP contribution >= 0.6 is 0 Å². The lowest BCUT2D eigenvalue weighted by atomic mass is 10.1. The molecule has 0 aromatic heterocycles. The van der Waals surface area contributed by atoms with Crippen LogP contribution in [0, 0.1) is 13.8 Å². The number of hydrogen-bond donors (Lipinski definition) is 2. The van der Waals surface area contributed by atoms with Crippen LogP contribution in [0.5, 0.6) is 5.75 Å². The van der Waals surface area contributed by atoms with Gasteiger partial charge in [0.2, 0.25) is 0 Å². The summed E-state index contributed by atoms with van der Waals surface area (Å²) in [7, 11) is 1.70. The van der Waals surface area contributed by atoms with E-state index in [1.54, 1.807) is 7.11 Å². The second-order valence-corrected chi connectivity index (χ2v) is 4.23. The summed E-state index contributed by atoms with van der Waals surface area (Å²) in [5, 5.41) is 12.2. The van der Waals surface area contributed by atoms with Gasteiger partial charge in [-0.2, -0.15) is 0 Å². The highest BCUT2D eigenvalue weighted by atomic mass is 16.5. The molecule has 0 aliphatic rings. The largest absolute Gasteiger partial charge is 0.496 e. The summed E-state index contributed by atoms with van der Waals surface area (Å²) in [5.41, 5.74) is 3.52. The van der Waals surface area contributed by atoms with Crippen molar-refractivity contribution in [2.24, 2.45) is 0 Å². The molecule has 3 heteroatoms. The Morgan fingerprint density at radius 2 is 1.88 bits per heavy atom. The van der Waals surface area contributed by atoms with Gasteiger partial charge in [0.15, 0.2) is 0 Å². The van der Waals surface area contributed by atoms with Crippen molar-refractivity contribution in [3.63, 3.8) is 0 Å². The minimum absolute atomic E-state index is 0.128. The summed E-state index contributed by atoms with van der Waals surface area (Å²) in [6.07, 6.45) is 0. The van der Waals surface area contributed by atoms with Crippen molar-refractivity contribution in [1.82, 2.24) is 5.32 Å². The number of aryl methyl sites for hydroxylation is 2. The molecular weight excluding hydrogens is 202 g/mol. The highest BCUT2D eigenvalue weighted by molar-refractivity contribution is 5.43. The van der Waals surface area contributed by atoms with Gasteiger partial charge in [-0.3, -0.25) is 0 Å². The molecule has 0 aliphatic heterocycles. The van der Waals surface area contributed by atoms with Crippen LogP contribution in [0.15, 0.2) is 12.1 Å². The Kier molecular flexibility index (Phi) is 4.77. The number of aliphatic hydroxyl groups excluding tert-OH is 1. The molecule has 2 N–H and O–H groups in total. The van der Waals surface area contributed by atoms with Crippen molar-refractivity contribution in [3.05, 3.63) is 28.8 Å². The number of ether oxygens (including phenoxy) is 1. The molecule has 90 valence electrons. The number of nitrogens with one attached hydrogen (secondary N) is 1. The summed E-state index contributed by atoms with van der Waals surface area (Å²) in [5.74, 6) is 0.957. The van der Waals surface area contributed by atoms with Crippen molar-refractivity contribution in [1.29, 1.82) is 0 Å². The highest BCUT2D eigenvalue weighted by Crippen LogP contribution is 2.24. The summed E-state index contributed by atoms with van der Waals surface area (Å²) in [4.78, 5) is 0. The van der Waals surface area contributed by atoms with Gasteiger partial charge in [-0.1, -0.05) is 12.1 Å². The Hall–Kier alpha value is -1.06. The molecule has 0 unspecified atom stereocenters. The summed E-state index contributed by atoms with van der Waals surface area (Å²) >= 11 is 0. The molecule has 0 fully saturated rings. The van der Waals surface area contributed by atoms with E-state index in [0.717, 1.165) is 23.4 Å². The molecule has 1 aromatic carbocycles. The smallest absolute Gasteiger partial charge is 0.124 e. The molecule has 16 heavy (non-hydrogen) atoms. The maximum absolute atomic E-state index is 8.92. The Morgan fingerprint density at radius 1 is 1.31 bits per heavy atom. The van der Waals surface area contributed by atoms with E-state index >= 15 is 0 Å². The Morgan fingerprint density at radius 3 is 2.31 bits per heavy atom. The van der Waals surface area contributed by atoms with Gasteiger partial charge in [-0.15, -0.1) is 0 Å². The van der Waals surface area contributed by atoms with E-state index in [2.05, 4.69) is 17.4 Å². The first kappa shape index (κ1) is 13.0. The highest BCUT2D eigenvalue weighted by Gasteiger charge is 2.06. The molecule has 1 rings (SSSR count). The molecule has 1 aromatic rings. The van der Waals surface area contributed by atoms with Crippen LogP contribution in [0.25, 0.3) is 0 Å². The molecule has 3 nitrogen and oxygen atoms in total.